The van der Waals surface area contributed by atoms with Crippen LogP contribution >= 0.6 is 0 Å². The number of carboxylic acid groups (broad SMARTS) is 1. The van der Waals surface area contributed by atoms with Gasteiger partial charge < -0.3 is 29.5 Å². The summed E-state index contributed by atoms with van der Waals surface area (Å²) in [4.78, 5) is 33.2. The van der Waals surface area contributed by atoms with Crippen LogP contribution in [0.25, 0.3) is 0 Å². The van der Waals surface area contributed by atoms with Crippen molar-refractivity contribution >= 4 is 11.9 Å². The number of methoxy groups -OCH3 is 3. The number of pyridine rings is 1. The Morgan fingerprint density at radius 1 is 1.07 bits per heavy atom. The summed E-state index contributed by atoms with van der Waals surface area (Å²) >= 11 is 0. The van der Waals surface area contributed by atoms with Crippen molar-refractivity contribution in [2.45, 2.75) is 82.4 Å². The molecular weight excluding hydrogens is 567 g/mol. The van der Waals surface area contributed by atoms with E-state index < -0.39 is 47.4 Å². The Bertz CT molecular complexity index is 1300. The van der Waals surface area contributed by atoms with E-state index in [-0.39, 0.29) is 35.6 Å². The highest BCUT2D eigenvalue weighted by Gasteiger charge is 2.60. The van der Waals surface area contributed by atoms with E-state index in [1.54, 1.807) is 26.0 Å². The molecule has 1 aromatic carbocycles. The Morgan fingerprint density at radius 3 is 2.35 bits per heavy atom. The first-order valence-corrected chi connectivity index (χ1v) is 14.4. The van der Waals surface area contributed by atoms with Gasteiger partial charge in [0.2, 0.25) is 11.8 Å². The summed E-state index contributed by atoms with van der Waals surface area (Å²) < 4.78 is 57.7. The van der Waals surface area contributed by atoms with Crippen molar-refractivity contribution in [3.05, 3.63) is 53.2 Å². The average Bonchev–Trinajstić information content (AvgIpc) is 3.35. The van der Waals surface area contributed by atoms with Gasteiger partial charge in [-0.2, -0.15) is 13.2 Å². The molecule has 4 rings (SSSR count). The predicted molar refractivity (Wildman–Crippen MR) is 152 cm³/mol. The lowest BCUT2D eigenvalue weighted by Gasteiger charge is -2.37. The number of aliphatic carboxylic acids is 1. The first-order valence-electron chi connectivity index (χ1n) is 14.4. The van der Waals surface area contributed by atoms with Gasteiger partial charge in [0, 0.05) is 48.9 Å². The number of nitrogens with zero attached hydrogens (tertiary/aromatic N) is 2. The van der Waals surface area contributed by atoms with Crippen molar-refractivity contribution in [3.8, 4) is 11.6 Å². The molecule has 12 heteroatoms. The summed E-state index contributed by atoms with van der Waals surface area (Å²) in [6, 6.07) is 3.65. The molecule has 1 saturated carbocycles. The second-order valence-corrected chi connectivity index (χ2v) is 11.7. The number of rotatable bonds is 10. The minimum atomic E-state index is -4.57. The Labute approximate surface area is 249 Å². The first-order chi connectivity index (χ1) is 20.3. The zero-order chi connectivity index (χ0) is 31.5. The maximum Gasteiger partial charge on any atom is 0.416 e. The van der Waals surface area contributed by atoms with Crippen LogP contribution in [-0.2, 0) is 27.0 Å². The number of amides is 1. The van der Waals surface area contributed by atoms with E-state index in [4.69, 9.17) is 14.2 Å². The molecule has 2 N–H and O–H groups in total. The first kappa shape index (κ1) is 32.5. The van der Waals surface area contributed by atoms with Crippen LogP contribution in [0, 0.1) is 11.8 Å². The molecule has 236 valence electrons. The fourth-order valence-electron chi connectivity index (χ4n) is 6.67. The highest BCUT2D eigenvalue weighted by molar-refractivity contribution is 5.87. The molecule has 9 nitrogen and oxygen atoms in total. The smallest absolute Gasteiger partial charge is 0.416 e. The Hall–Kier alpha value is -3.38. The number of carbonyl (C=O) groups excluding carboxylic acids is 1. The van der Waals surface area contributed by atoms with E-state index in [1.807, 2.05) is 0 Å². The highest BCUT2D eigenvalue weighted by Crippen LogP contribution is 2.49. The van der Waals surface area contributed by atoms with Gasteiger partial charge in [0.25, 0.3) is 0 Å². The number of benzene rings is 1. The van der Waals surface area contributed by atoms with Gasteiger partial charge in [0.05, 0.1) is 31.4 Å². The van der Waals surface area contributed by atoms with E-state index in [0.717, 1.165) is 31.4 Å². The van der Waals surface area contributed by atoms with Crippen molar-refractivity contribution in [3.63, 3.8) is 0 Å². The van der Waals surface area contributed by atoms with Crippen LogP contribution < -0.4 is 14.8 Å². The molecule has 0 bridgehead atoms. The molecule has 0 radical (unpaired) electrons. The average molecular weight is 608 g/mol. The van der Waals surface area contributed by atoms with Crippen LogP contribution in [0.4, 0.5) is 13.2 Å². The third kappa shape index (κ3) is 6.59. The largest absolute Gasteiger partial charge is 0.496 e. The Balaban J connectivity index is 1.89. The number of halogens is 3. The molecule has 2 aliphatic rings. The van der Waals surface area contributed by atoms with Crippen LogP contribution in [0.1, 0.15) is 68.7 Å². The van der Waals surface area contributed by atoms with Crippen LogP contribution in [0.2, 0.25) is 0 Å². The monoisotopic (exact) mass is 607 g/mol. The summed E-state index contributed by atoms with van der Waals surface area (Å²) in [5.41, 5.74) is -1.20. The maximum atomic E-state index is 14.3. The zero-order valence-corrected chi connectivity index (χ0v) is 25.1. The van der Waals surface area contributed by atoms with Crippen molar-refractivity contribution in [1.29, 1.82) is 0 Å². The Morgan fingerprint density at radius 2 is 1.77 bits per heavy atom. The molecule has 43 heavy (non-hydrogen) atoms. The molecule has 0 spiro atoms. The highest BCUT2D eigenvalue weighted by atomic mass is 19.4. The quantitative estimate of drug-likeness (QED) is 0.378. The normalized spacial score (nSPS) is 23.3. The number of carboxylic acids is 1. The van der Waals surface area contributed by atoms with Crippen molar-refractivity contribution in [2.75, 3.05) is 21.3 Å². The van der Waals surface area contributed by atoms with Gasteiger partial charge in [-0.1, -0.05) is 19.3 Å². The molecule has 2 fully saturated rings. The second kappa shape index (κ2) is 13.1. The van der Waals surface area contributed by atoms with Gasteiger partial charge in [-0.25, -0.2) is 9.78 Å². The van der Waals surface area contributed by atoms with Gasteiger partial charge in [0.15, 0.2) is 0 Å². The molecule has 1 aliphatic heterocycles. The standard InChI is InChI=1S/C31H40F3N3O6/c1-30(2,43-5)23-24(36-17-19-16-20(31(32,33)34)13-14-22(19)41-3)25(21-12-9-15-35-27(21)42-4)37(26(23)29(39)40)28(38)18-10-7-6-8-11-18/h9,12-16,18,23-26,36H,6-8,10-11,17H2,1-5H3,(H,39,40)/t23-,24-,25-,26-/m0/s1. The number of alkyl halides is 3. The van der Waals surface area contributed by atoms with Gasteiger partial charge in [0.1, 0.15) is 11.8 Å². The number of carbonyl (C=O) groups is 2. The molecule has 1 saturated heterocycles. The third-order valence-corrected chi connectivity index (χ3v) is 8.91. The lowest BCUT2D eigenvalue weighted by molar-refractivity contribution is -0.156. The minimum absolute atomic E-state index is 0.106. The van der Waals surface area contributed by atoms with E-state index in [0.29, 0.717) is 18.4 Å². The van der Waals surface area contributed by atoms with Crippen LogP contribution in [-0.4, -0.2) is 65.9 Å². The maximum absolute atomic E-state index is 14.3. The molecule has 1 amide bonds. The number of hydrogen-bond acceptors (Lipinski definition) is 7. The topological polar surface area (TPSA) is 110 Å². The molecular formula is C31H40F3N3O6. The van der Waals surface area contributed by atoms with E-state index in [1.165, 1.54) is 38.5 Å². The van der Waals surface area contributed by atoms with Gasteiger partial charge in [-0.3, -0.25) is 4.79 Å². The van der Waals surface area contributed by atoms with Crippen LogP contribution in [0.3, 0.4) is 0 Å². The van der Waals surface area contributed by atoms with Crippen LogP contribution in [0.15, 0.2) is 36.5 Å². The number of hydrogen-bond donors (Lipinski definition) is 2. The molecule has 0 unspecified atom stereocenters. The predicted octanol–water partition coefficient (Wildman–Crippen LogP) is 5.23. The van der Waals surface area contributed by atoms with Crippen molar-refractivity contribution in [1.82, 2.24) is 15.2 Å². The van der Waals surface area contributed by atoms with Gasteiger partial charge in [-0.05, 0) is 57.0 Å². The number of likely N-dealkylation sites (tertiary alicyclic amines) is 1. The van der Waals surface area contributed by atoms with Gasteiger partial charge >= 0.3 is 12.1 Å². The fraction of sp³-hybridized carbons (Fsp3) is 0.581. The Kier molecular flexibility index (Phi) is 9.90. The number of ether oxygens (including phenoxy) is 3. The van der Waals surface area contributed by atoms with E-state index in [9.17, 15) is 27.9 Å². The summed E-state index contributed by atoms with van der Waals surface area (Å²) in [5, 5.41) is 14.0. The molecule has 1 aromatic heterocycles. The van der Waals surface area contributed by atoms with Crippen molar-refractivity contribution < 1.29 is 42.1 Å². The fourth-order valence-corrected chi connectivity index (χ4v) is 6.67. The third-order valence-electron chi connectivity index (χ3n) is 8.91. The summed E-state index contributed by atoms with van der Waals surface area (Å²) in [5.74, 6) is -2.20. The lowest BCUT2D eigenvalue weighted by atomic mass is 9.79. The lowest BCUT2D eigenvalue weighted by Crippen LogP contribution is -2.53. The number of aromatic nitrogens is 1. The summed E-state index contributed by atoms with van der Waals surface area (Å²) in [7, 11) is 4.28. The van der Waals surface area contributed by atoms with Crippen LogP contribution in [0.5, 0.6) is 11.6 Å². The van der Waals surface area contributed by atoms with E-state index >= 15 is 0 Å². The number of nitrogens with one attached hydrogen (secondary N) is 1. The van der Waals surface area contributed by atoms with E-state index in [2.05, 4.69) is 10.3 Å². The van der Waals surface area contributed by atoms with Crippen molar-refractivity contribution in [2.24, 2.45) is 11.8 Å². The molecule has 2 aromatic rings. The molecule has 1 aliphatic carbocycles. The SMILES string of the molecule is COc1ccc(C(F)(F)F)cc1CN[C@H]1[C@H](C(C)(C)OC)[C@@H](C(=O)O)N(C(=O)C2CCCCC2)[C@H]1c1cccnc1OC. The summed E-state index contributed by atoms with van der Waals surface area (Å²) in [6.45, 7) is 3.39. The zero-order valence-electron chi connectivity index (χ0n) is 25.1. The second-order valence-electron chi connectivity index (χ2n) is 11.7. The minimum Gasteiger partial charge on any atom is -0.496 e. The van der Waals surface area contributed by atoms with Gasteiger partial charge in [-0.15, -0.1) is 0 Å². The molecule has 2 heterocycles. The summed E-state index contributed by atoms with van der Waals surface area (Å²) in [6.07, 6.45) is 1.00. The molecule has 4 atom stereocenters.